The van der Waals surface area contributed by atoms with Gasteiger partial charge in [0.2, 0.25) is 0 Å². The van der Waals surface area contributed by atoms with Crippen LogP contribution in [-0.2, 0) is 18.8 Å². The van der Waals surface area contributed by atoms with E-state index < -0.39 is 41.0 Å². The molecule has 4 rings (SSSR count). The van der Waals surface area contributed by atoms with Crippen molar-refractivity contribution in [3.63, 3.8) is 0 Å². The number of carbonyl (C=O) groups is 1. The Kier molecular flexibility index (Phi) is 13.9. The molecule has 0 aliphatic carbocycles. The Morgan fingerprint density at radius 2 is 1.40 bits per heavy atom. The number of halogens is 10. The van der Waals surface area contributed by atoms with Gasteiger partial charge in [0, 0.05) is 55.8 Å². The van der Waals surface area contributed by atoms with Crippen molar-refractivity contribution in [2.45, 2.75) is 31.2 Å². The Labute approximate surface area is 267 Å². The van der Waals surface area contributed by atoms with E-state index in [2.05, 4.69) is 9.80 Å². The van der Waals surface area contributed by atoms with Gasteiger partial charge in [0.15, 0.2) is 0 Å². The quantitative estimate of drug-likeness (QED) is 0.277. The molecule has 0 spiro atoms. The van der Waals surface area contributed by atoms with Crippen molar-refractivity contribution in [3.05, 3.63) is 68.7 Å². The average Bonchev–Trinajstić information content (AvgIpc) is 2.90. The van der Waals surface area contributed by atoms with Gasteiger partial charge < -0.3 is 9.80 Å². The number of amides is 1. The van der Waals surface area contributed by atoms with Crippen LogP contribution < -0.4 is 0 Å². The van der Waals surface area contributed by atoms with Crippen LogP contribution in [0.15, 0.2) is 36.4 Å². The molecule has 2 aliphatic rings. The van der Waals surface area contributed by atoms with Crippen LogP contribution in [-0.4, -0.2) is 84.0 Å². The Morgan fingerprint density at radius 1 is 0.810 bits per heavy atom. The molecule has 1 amide bonds. The van der Waals surface area contributed by atoms with Crippen molar-refractivity contribution in [1.82, 2.24) is 14.7 Å². The van der Waals surface area contributed by atoms with Gasteiger partial charge in [-0.1, -0.05) is 29.3 Å². The lowest BCUT2D eigenvalue weighted by molar-refractivity contribution is -0.143. The number of hydrogen-bond acceptors (Lipinski definition) is 4. The fourth-order valence-electron chi connectivity index (χ4n) is 5.09. The first-order valence-electron chi connectivity index (χ1n) is 12.9. The zero-order valence-electron chi connectivity index (χ0n) is 22.3. The molecule has 15 heteroatoms. The van der Waals surface area contributed by atoms with E-state index in [-0.39, 0.29) is 37.4 Å². The number of rotatable bonds is 7. The van der Waals surface area contributed by atoms with E-state index in [1.165, 1.54) is 4.90 Å². The SMILES string of the molecule is Cl.Cl.O=C(c1cc(C(F)(F)F)cc(C(F)(F)F)c1)N1CCN(CCCN2CCSCC2)C[C@H]1Cc1ccc(Cl)c(Cl)c1. The Bertz CT molecular complexity index is 1170. The molecule has 2 aliphatic heterocycles. The number of thioether (sulfide) groups is 1. The van der Waals surface area contributed by atoms with Crippen molar-refractivity contribution < 1.29 is 31.1 Å². The average molecular weight is 701 g/mol. The maximum atomic E-state index is 13.5. The standard InChI is InChI=1S/C27H29Cl2F6N3OS.2ClH/c28-23-3-2-18(13-24(23)29)12-22-17-37(5-1-4-36-8-10-40-11-9-36)6-7-38(22)25(39)19-14-20(26(30,31)32)16-21(15-19)27(33,34)35;;/h2-3,13-16,22H,1,4-12,17H2;2*1H/t22-;;/m1../s1. The first kappa shape index (κ1) is 37.1. The fourth-order valence-corrected chi connectivity index (χ4v) is 6.39. The topological polar surface area (TPSA) is 26.8 Å². The van der Waals surface area contributed by atoms with E-state index in [1.807, 2.05) is 11.8 Å². The molecule has 0 bridgehead atoms. The predicted octanol–water partition coefficient (Wildman–Crippen LogP) is 7.68. The largest absolute Gasteiger partial charge is 0.416 e. The normalized spacial score (nSPS) is 18.8. The second-order valence-corrected chi connectivity index (χ2v) is 12.0. The number of benzene rings is 2. The van der Waals surface area contributed by atoms with Crippen molar-refractivity contribution >= 4 is 65.7 Å². The van der Waals surface area contributed by atoms with Crippen LogP contribution in [0.2, 0.25) is 10.0 Å². The van der Waals surface area contributed by atoms with E-state index >= 15 is 0 Å². The van der Waals surface area contributed by atoms with Crippen LogP contribution in [0.4, 0.5) is 26.3 Å². The third-order valence-electron chi connectivity index (χ3n) is 7.17. The molecular weight excluding hydrogens is 670 g/mol. The number of carbonyl (C=O) groups excluding carboxylic acids is 1. The summed E-state index contributed by atoms with van der Waals surface area (Å²) < 4.78 is 80.7. The van der Waals surface area contributed by atoms with Crippen LogP contribution in [0.1, 0.15) is 33.5 Å². The first-order chi connectivity index (χ1) is 18.8. The summed E-state index contributed by atoms with van der Waals surface area (Å²) >= 11 is 14.1. The molecule has 236 valence electrons. The number of alkyl halides is 6. The van der Waals surface area contributed by atoms with Gasteiger partial charge in [-0.3, -0.25) is 9.69 Å². The fraction of sp³-hybridized carbons (Fsp3) is 0.519. The maximum Gasteiger partial charge on any atom is 0.416 e. The molecule has 0 unspecified atom stereocenters. The first-order valence-corrected chi connectivity index (χ1v) is 14.8. The number of hydrogen-bond donors (Lipinski definition) is 0. The molecule has 4 nitrogen and oxygen atoms in total. The highest BCUT2D eigenvalue weighted by Crippen LogP contribution is 2.37. The molecule has 0 radical (unpaired) electrons. The second-order valence-electron chi connectivity index (χ2n) is 10.0. The third-order valence-corrected chi connectivity index (χ3v) is 8.85. The number of piperazine rings is 1. The van der Waals surface area contributed by atoms with Crippen LogP contribution in [0.25, 0.3) is 0 Å². The van der Waals surface area contributed by atoms with Gasteiger partial charge in [-0.05, 0) is 61.8 Å². The highest BCUT2D eigenvalue weighted by Gasteiger charge is 2.39. The van der Waals surface area contributed by atoms with Crippen LogP contribution >= 0.6 is 59.8 Å². The maximum absolute atomic E-state index is 13.5. The number of nitrogens with zero attached hydrogens (tertiary/aromatic N) is 3. The summed E-state index contributed by atoms with van der Waals surface area (Å²) in [7, 11) is 0. The molecule has 2 aromatic carbocycles. The van der Waals surface area contributed by atoms with Gasteiger partial charge in [0.25, 0.3) is 5.91 Å². The van der Waals surface area contributed by atoms with Gasteiger partial charge in [-0.2, -0.15) is 38.1 Å². The molecule has 2 saturated heterocycles. The van der Waals surface area contributed by atoms with E-state index in [0.717, 1.165) is 49.7 Å². The lowest BCUT2D eigenvalue weighted by Gasteiger charge is -2.42. The van der Waals surface area contributed by atoms with Crippen molar-refractivity contribution in [2.75, 3.05) is 57.3 Å². The Morgan fingerprint density at radius 3 is 1.98 bits per heavy atom. The molecule has 1 atom stereocenters. The van der Waals surface area contributed by atoms with Gasteiger partial charge in [-0.25, -0.2) is 0 Å². The van der Waals surface area contributed by atoms with Gasteiger partial charge >= 0.3 is 12.4 Å². The van der Waals surface area contributed by atoms with Gasteiger partial charge in [0.1, 0.15) is 0 Å². The Balaban J connectivity index is 0.00000308. The molecule has 0 saturated carbocycles. The summed E-state index contributed by atoms with van der Waals surface area (Å²) in [5.74, 6) is 1.35. The molecule has 0 aromatic heterocycles. The zero-order chi connectivity index (χ0) is 29.1. The minimum atomic E-state index is -5.04. The highest BCUT2D eigenvalue weighted by molar-refractivity contribution is 7.99. The monoisotopic (exact) mass is 699 g/mol. The molecular formula is C27H31Cl4F6N3OS. The molecule has 2 heterocycles. The Hall–Kier alpha value is -1.08. The van der Waals surface area contributed by atoms with Crippen molar-refractivity contribution in [2.24, 2.45) is 0 Å². The van der Waals surface area contributed by atoms with Gasteiger partial charge in [0.05, 0.1) is 21.2 Å². The third kappa shape index (κ3) is 9.97. The second kappa shape index (κ2) is 15.8. The van der Waals surface area contributed by atoms with E-state index in [1.54, 1.807) is 18.2 Å². The minimum absolute atomic E-state index is 0. The highest BCUT2D eigenvalue weighted by atomic mass is 35.5. The summed E-state index contributed by atoms with van der Waals surface area (Å²) in [6.07, 6.45) is -8.85. The smallest absolute Gasteiger partial charge is 0.333 e. The lowest BCUT2D eigenvalue weighted by Crippen LogP contribution is -2.56. The van der Waals surface area contributed by atoms with Crippen LogP contribution in [0.3, 0.4) is 0 Å². The summed E-state index contributed by atoms with van der Waals surface area (Å²) in [5, 5.41) is 0.667. The predicted molar refractivity (Wildman–Crippen MR) is 161 cm³/mol. The molecule has 0 N–H and O–H groups in total. The summed E-state index contributed by atoms with van der Waals surface area (Å²) in [6, 6.07) is 5.55. The summed E-state index contributed by atoms with van der Waals surface area (Å²) in [6.45, 7) is 4.86. The molecule has 42 heavy (non-hydrogen) atoms. The lowest BCUT2D eigenvalue weighted by atomic mass is 9.99. The molecule has 2 aromatic rings. The van der Waals surface area contributed by atoms with Gasteiger partial charge in [-0.15, -0.1) is 24.8 Å². The van der Waals surface area contributed by atoms with E-state index in [9.17, 15) is 31.1 Å². The van der Waals surface area contributed by atoms with E-state index in [0.29, 0.717) is 41.7 Å². The van der Waals surface area contributed by atoms with Crippen LogP contribution in [0, 0.1) is 0 Å². The summed E-state index contributed by atoms with van der Waals surface area (Å²) in [5.41, 5.74) is -2.91. The zero-order valence-corrected chi connectivity index (χ0v) is 26.3. The van der Waals surface area contributed by atoms with Crippen molar-refractivity contribution in [1.29, 1.82) is 0 Å². The molecule has 2 fully saturated rings. The summed E-state index contributed by atoms with van der Waals surface area (Å²) in [4.78, 5) is 19.5. The van der Waals surface area contributed by atoms with E-state index in [4.69, 9.17) is 23.2 Å². The van der Waals surface area contributed by atoms with Crippen molar-refractivity contribution in [3.8, 4) is 0 Å². The van der Waals surface area contributed by atoms with Crippen LogP contribution in [0.5, 0.6) is 0 Å². The minimum Gasteiger partial charge on any atom is -0.333 e.